The molecule has 0 saturated heterocycles. The SMILES string of the molecule is c1ccc2c(c1)ccc1c(-c3ccc(-c4nc5ccccc5c5c4ccc4c6ccccc6sc45)cc3)c3ccc4ccccc4c3nc12. The highest BCUT2D eigenvalue weighted by atomic mass is 32.1. The third-order valence-electron chi connectivity index (χ3n) is 10.2. The predicted octanol–water partition coefficient (Wildman–Crippen LogP) is 13.1. The molecule has 226 valence electrons. The molecule has 3 heteroatoms. The van der Waals surface area contributed by atoms with Crippen LogP contribution in [0.3, 0.4) is 0 Å². The Labute approximate surface area is 285 Å². The van der Waals surface area contributed by atoms with E-state index in [0.717, 1.165) is 38.6 Å². The van der Waals surface area contributed by atoms with Crippen molar-refractivity contribution in [1.29, 1.82) is 0 Å². The highest BCUT2D eigenvalue weighted by Gasteiger charge is 2.18. The molecule has 0 fully saturated rings. The van der Waals surface area contributed by atoms with Crippen LogP contribution in [-0.4, -0.2) is 9.97 Å². The number of para-hydroxylation sites is 1. The zero-order chi connectivity index (χ0) is 32.1. The molecule has 49 heavy (non-hydrogen) atoms. The summed E-state index contributed by atoms with van der Waals surface area (Å²) >= 11 is 1.88. The van der Waals surface area contributed by atoms with Crippen LogP contribution in [0.2, 0.25) is 0 Å². The Hall–Kier alpha value is -6.16. The van der Waals surface area contributed by atoms with Gasteiger partial charge in [0.25, 0.3) is 0 Å². The highest BCUT2D eigenvalue weighted by Crippen LogP contribution is 2.44. The third kappa shape index (κ3) is 3.88. The van der Waals surface area contributed by atoms with Crippen molar-refractivity contribution in [2.45, 2.75) is 0 Å². The zero-order valence-corrected chi connectivity index (χ0v) is 27.1. The summed E-state index contributed by atoms with van der Waals surface area (Å²) in [5, 5.41) is 13.4. The molecule has 8 aromatic carbocycles. The molecular weight excluding hydrogens is 613 g/mol. The smallest absolute Gasteiger partial charge is 0.0794 e. The van der Waals surface area contributed by atoms with Gasteiger partial charge < -0.3 is 0 Å². The Morgan fingerprint density at radius 1 is 0.367 bits per heavy atom. The van der Waals surface area contributed by atoms with Gasteiger partial charge in [-0.2, -0.15) is 0 Å². The monoisotopic (exact) mass is 638 g/mol. The fourth-order valence-electron chi connectivity index (χ4n) is 7.95. The topological polar surface area (TPSA) is 25.8 Å². The fourth-order valence-corrected chi connectivity index (χ4v) is 9.22. The van der Waals surface area contributed by atoms with Gasteiger partial charge in [0.15, 0.2) is 0 Å². The number of pyridine rings is 2. The second-order valence-electron chi connectivity index (χ2n) is 12.9. The lowest BCUT2D eigenvalue weighted by atomic mass is 9.91. The van der Waals surface area contributed by atoms with Crippen molar-refractivity contribution in [3.8, 4) is 22.4 Å². The minimum Gasteiger partial charge on any atom is -0.247 e. The number of fused-ring (bicyclic) bond motifs is 13. The van der Waals surface area contributed by atoms with Gasteiger partial charge in [0.05, 0.1) is 22.2 Å². The Morgan fingerprint density at radius 2 is 0.918 bits per heavy atom. The van der Waals surface area contributed by atoms with Crippen molar-refractivity contribution < 1.29 is 0 Å². The lowest BCUT2D eigenvalue weighted by Crippen LogP contribution is -1.93. The first-order valence-corrected chi connectivity index (χ1v) is 17.5. The lowest BCUT2D eigenvalue weighted by molar-refractivity contribution is 1.43. The van der Waals surface area contributed by atoms with E-state index in [9.17, 15) is 0 Å². The van der Waals surface area contributed by atoms with E-state index in [-0.39, 0.29) is 0 Å². The Morgan fingerprint density at radius 3 is 1.63 bits per heavy atom. The van der Waals surface area contributed by atoms with E-state index >= 15 is 0 Å². The molecule has 0 aliphatic carbocycles. The fraction of sp³-hybridized carbons (Fsp3) is 0. The summed E-state index contributed by atoms with van der Waals surface area (Å²) in [6, 6.07) is 57.0. The zero-order valence-electron chi connectivity index (χ0n) is 26.3. The summed E-state index contributed by atoms with van der Waals surface area (Å²) in [6.45, 7) is 0. The molecule has 0 aliphatic heterocycles. The van der Waals surface area contributed by atoms with Crippen molar-refractivity contribution in [3.05, 3.63) is 158 Å². The van der Waals surface area contributed by atoms with Gasteiger partial charge in [-0.15, -0.1) is 11.3 Å². The van der Waals surface area contributed by atoms with E-state index in [2.05, 4.69) is 158 Å². The van der Waals surface area contributed by atoms with Crippen LogP contribution in [-0.2, 0) is 0 Å². The van der Waals surface area contributed by atoms with Crippen LogP contribution in [0.4, 0.5) is 0 Å². The second-order valence-corrected chi connectivity index (χ2v) is 13.9. The Kier molecular flexibility index (Phi) is 5.57. The molecule has 0 atom stereocenters. The lowest BCUT2D eigenvalue weighted by Gasteiger charge is -2.15. The van der Waals surface area contributed by atoms with Gasteiger partial charge >= 0.3 is 0 Å². The van der Waals surface area contributed by atoms with Crippen molar-refractivity contribution in [3.63, 3.8) is 0 Å². The molecule has 0 aliphatic rings. The molecule has 11 aromatic rings. The molecule has 0 saturated carbocycles. The summed E-state index contributed by atoms with van der Waals surface area (Å²) < 4.78 is 2.64. The first-order chi connectivity index (χ1) is 24.3. The van der Waals surface area contributed by atoms with E-state index in [1.807, 2.05) is 11.3 Å². The van der Waals surface area contributed by atoms with E-state index in [1.165, 1.54) is 69.0 Å². The van der Waals surface area contributed by atoms with Crippen LogP contribution < -0.4 is 0 Å². The number of hydrogen-bond acceptors (Lipinski definition) is 3. The molecule has 0 amide bonds. The third-order valence-corrected chi connectivity index (χ3v) is 11.4. The van der Waals surface area contributed by atoms with Gasteiger partial charge in [0.2, 0.25) is 0 Å². The van der Waals surface area contributed by atoms with Crippen LogP contribution in [0, 0.1) is 0 Å². The largest absolute Gasteiger partial charge is 0.247 e. The number of nitrogens with zero attached hydrogens (tertiary/aromatic N) is 2. The van der Waals surface area contributed by atoms with Gasteiger partial charge in [0.1, 0.15) is 0 Å². The molecule has 2 nitrogen and oxygen atoms in total. The minimum atomic E-state index is 1.01. The second kappa shape index (κ2) is 10.2. The van der Waals surface area contributed by atoms with E-state index in [4.69, 9.17) is 9.97 Å². The normalized spacial score (nSPS) is 12.1. The molecule has 0 unspecified atom stereocenters. The van der Waals surface area contributed by atoms with Gasteiger partial charge in [0, 0.05) is 69.0 Å². The molecule has 0 spiro atoms. The summed E-state index contributed by atoms with van der Waals surface area (Å²) in [6.07, 6.45) is 0. The maximum Gasteiger partial charge on any atom is 0.0794 e. The molecule has 0 radical (unpaired) electrons. The molecule has 0 N–H and O–H groups in total. The predicted molar refractivity (Wildman–Crippen MR) is 211 cm³/mol. The molecule has 0 bridgehead atoms. The Bertz CT molecular complexity index is 3060. The highest BCUT2D eigenvalue weighted by molar-refractivity contribution is 7.26. The molecule has 3 heterocycles. The summed E-state index contributed by atoms with van der Waals surface area (Å²) in [4.78, 5) is 10.7. The average molecular weight is 639 g/mol. The van der Waals surface area contributed by atoms with Gasteiger partial charge in [-0.1, -0.05) is 146 Å². The number of rotatable bonds is 2. The quantitative estimate of drug-likeness (QED) is 0.139. The van der Waals surface area contributed by atoms with Crippen LogP contribution in [0.25, 0.3) is 108 Å². The molecular formula is C46H26N2S. The van der Waals surface area contributed by atoms with E-state index in [1.54, 1.807) is 0 Å². The average Bonchev–Trinajstić information content (AvgIpc) is 3.55. The van der Waals surface area contributed by atoms with Crippen molar-refractivity contribution in [1.82, 2.24) is 9.97 Å². The number of benzene rings is 8. The molecule has 3 aromatic heterocycles. The van der Waals surface area contributed by atoms with Gasteiger partial charge in [-0.05, 0) is 28.5 Å². The summed E-state index contributed by atoms with van der Waals surface area (Å²) in [7, 11) is 0. The van der Waals surface area contributed by atoms with Crippen LogP contribution >= 0.6 is 11.3 Å². The first-order valence-electron chi connectivity index (χ1n) is 16.7. The first kappa shape index (κ1) is 26.9. The maximum absolute atomic E-state index is 5.38. The van der Waals surface area contributed by atoms with Crippen molar-refractivity contribution in [2.24, 2.45) is 0 Å². The molecule has 11 rings (SSSR count). The summed E-state index contributed by atoms with van der Waals surface area (Å²) in [5.74, 6) is 0. The standard InChI is InChI=1S/C46H26N2S/c1-3-11-31-27(9-1)21-23-36-41(37-24-22-28-10-2-4-12-32(28)45(37)48-44(31)36)29-17-19-30(20-18-29)43-38-26-25-34-33-13-6-8-16-40(33)49-46(34)42(38)35-14-5-7-15-39(35)47-43/h1-26H. The van der Waals surface area contributed by atoms with Crippen LogP contribution in [0.5, 0.6) is 0 Å². The summed E-state index contributed by atoms with van der Waals surface area (Å²) in [5.41, 5.74) is 7.60. The number of hydrogen-bond donors (Lipinski definition) is 0. The van der Waals surface area contributed by atoms with Crippen LogP contribution in [0.1, 0.15) is 0 Å². The minimum absolute atomic E-state index is 1.01. The number of thiophene rings is 1. The van der Waals surface area contributed by atoms with Gasteiger partial charge in [-0.3, -0.25) is 0 Å². The van der Waals surface area contributed by atoms with Crippen LogP contribution in [0.15, 0.2) is 158 Å². The van der Waals surface area contributed by atoms with E-state index < -0.39 is 0 Å². The van der Waals surface area contributed by atoms with Crippen molar-refractivity contribution in [2.75, 3.05) is 0 Å². The van der Waals surface area contributed by atoms with Gasteiger partial charge in [-0.25, -0.2) is 9.97 Å². The maximum atomic E-state index is 5.38. The number of aromatic nitrogens is 2. The Balaban J connectivity index is 1.18. The van der Waals surface area contributed by atoms with E-state index in [0.29, 0.717) is 0 Å². The van der Waals surface area contributed by atoms with Crippen molar-refractivity contribution >= 4 is 96.5 Å².